The van der Waals surface area contributed by atoms with Crippen LogP contribution >= 0.6 is 22.9 Å². The van der Waals surface area contributed by atoms with Gasteiger partial charge in [-0.2, -0.15) is 0 Å². The fraction of sp³-hybridized carbons (Fsp3) is 0.154. The van der Waals surface area contributed by atoms with Crippen molar-refractivity contribution in [2.75, 3.05) is 0 Å². The van der Waals surface area contributed by atoms with Crippen LogP contribution in [0.4, 0.5) is 0 Å². The zero-order valence-electron chi connectivity index (χ0n) is 18.5. The standard InChI is InChI=1S/C26H23IN6/c1-17-7-3-4-9-19(17)15-33(27)16-24-31-25(22-10-5-8-18(2)29-22)26(32-24)23-13-12-20-21(30-23)11-6-14-28-20/h3-14H,15-16H2,1-2H3,(H,31,32). The molecule has 0 aliphatic heterocycles. The third-order valence-electron chi connectivity index (χ3n) is 5.52. The van der Waals surface area contributed by atoms with Crippen molar-refractivity contribution in [3.63, 3.8) is 0 Å². The number of hydrogen-bond donors (Lipinski definition) is 1. The Morgan fingerprint density at radius 2 is 1.67 bits per heavy atom. The molecule has 0 spiro atoms. The van der Waals surface area contributed by atoms with E-state index in [0.717, 1.165) is 51.9 Å². The summed E-state index contributed by atoms with van der Waals surface area (Å²) < 4.78 is 2.23. The van der Waals surface area contributed by atoms with Crippen molar-refractivity contribution in [2.45, 2.75) is 26.9 Å². The van der Waals surface area contributed by atoms with E-state index in [1.54, 1.807) is 6.20 Å². The Morgan fingerprint density at radius 1 is 0.788 bits per heavy atom. The second-order valence-electron chi connectivity index (χ2n) is 8.01. The number of rotatable bonds is 6. The van der Waals surface area contributed by atoms with Crippen LogP contribution in [0, 0.1) is 13.8 Å². The highest BCUT2D eigenvalue weighted by molar-refractivity contribution is 14.1. The Morgan fingerprint density at radius 3 is 2.52 bits per heavy atom. The predicted molar refractivity (Wildman–Crippen MR) is 140 cm³/mol. The SMILES string of the molecule is Cc1cccc(-c2nc(CN(I)Cc3ccccc3C)[nH]c2-c2ccc3ncccc3n2)n1. The van der Waals surface area contributed by atoms with Gasteiger partial charge in [-0.05, 0) is 61.4 Å². The van der Waals surface area contributed by atoms with Crippen molar-refractivity contribution < 1.29 is 0 Å². The van der Waals surface area contributed by atoms with Crippen molar-refractivity contribution in [3.05, 3.63) is 95.6 Å². The summed E-state index contributed by atoms with van der Waals surface area (Å²) in [4.78, 5) is 22.5. The van der Waals surface area contributed by atoms with Gasteiger partial charge in [0, 0.05) is 41.3 Å². The van der Waals surface area contributed by atoms with Crippen LogP contribution in [0.3, 0.4) is 0 Å². The van der Waals surface area contributed by atoms with Gasteiger partial charge in [-0.15, -0.1) is 0 Å². The van der Waals surface area contributed by atoms with Gasteiger partial charge in [-0.3, -0.25) is 9.97 Å². The minimum atomic E-state index is 0.669. The molecule has 0 unspecified atom stereocenters. The highest BCUT2D eigenvalue weighted by atomic mass is 127. The summed E-state index contributed by atoms with van der Waals surface area (Å²) >= 11 is 2.37. The molecule has 7 heteroatoms. The van der Waals surface area contributed by atoms with Crippen LogP contribution in [0.2, 0.25) is 0 Å². The lowest BCUT2D eigenvalue weighted by molar-refractivity contribution is 0.488. The summed E-state index contributed by atoms with van der Waals surface area (Å²) in [7, 11) is 0. The average molecular weight is 546 g/mol. The molecule has 4 heterocycles. The molecule has 0 atom stereocenters. The molecule has 33 heavy (non-hydrogen) atoms. The Hall–Kier alpha value is -3.17. The number of halogens is 1. The van der Waals surface area contributed by atoms with Crippen molar-refractivity contribution in [3.8, 4) is 22.8 Å². The van der Waals surface area contributed by atoms with E-state index in [4.69, 9.17) is 15.0 Å². The van der Waals surface area contributed by atoms with Crippen LogP contribution in [0.15, 0.2) is 72.9 Å². The Labute approximate surface area is 206 Å². The number of nitrogens with zero attached hydrogens (tertiary/aromatic N) is 5. The summed E-state index contributed by atoms with van der Waals surface area (Å²) in [6.07, 6.45) is 1.78. The van der Waals surface area contributed by atoms with Gasteiger partial charge in [0.05, 0.1) is 34.7 Å². The number of pyridine rings is 3. The molecule has 0 radical (unpaired) electrons. The van der Waals surface area contributed by atoms with Gasteiger partial charge in [0.15, 0.2) is 0 Å². The fourth-order valence-electron chi connectivity index (χ4n) is 3.83. The van der Waals surface area contributed by atoms with E-state index in [0.29, 0.717) is 6.54 Å². The quantitative estimate of drug-likeness (QED) is 0.208. The summed E-state index contributed by atoms with van der Waals surface area (Å²) in [6.45, 7) is 5.64. The van der Waals surface area contributed by atoms with Gasteiger partial charge in [0.2, 0.25) is 0 Å². The summed E-state index contributed by atoms with van der Waals surface area (Å²) in [6, 6.07) is 22.3. The molecule has 1 N–H and O–H groups in total. The normalized spacial score (nSPS) is 11.4. The lowest BCUT2D eigenvalue weighted by atomic mass is 10.1. The predicted octanol–water partition coefficient (Wildman–Crippen LogP) is 6.05. The maximum absolute atomic E-state index is 4.96. The first-order valence-electron chi connectivity index (χ1n) is 10.8. The molecule has 4 aromatic heterocycles. The van der Waals surface area contributed by atoms with E-state index in [9.17, 15) is 0 Å². The number of imidazole rings is 1. The molecular weight excluding hydrogens is 523 g/mol. The molecule has 0 aliphatic rings. The van der Waals surface area contributed by atoms with E-state index < -0.39 is 0 Å². The first-order valence-corrected chi connectivity index (χ1v) is 11.7. The van der Waals surface area contributed by atoms with Crippen LogP contribution in [-0.4, -0.2) is 28.0 Å². The van der Waals surface area contributed by atoms with Gasteiger partial charge in [0.25, 0.3) is 0 Å². The van der Waals surface area contributed by atoms with Crippen LogP contribution in [-0.2, 0) is 13.1 Å². The van der Waals surface area contributed by atoms with Gasteiger partial charge in [0.1, 0.15) is 11.5 Å². The van der Waals surface area contributed by atoms with Crippen LogP contribution in [0.1, 0.15) is 22.6 Å². The zero-order chi connectivity index (χ0) is 22.8. The smallest absolute Gasteiger partial charge is 0.122 e. The Bertz CT molecular complexity index is 1430. The molecule has 6 nitrogen and oxygen atoms in total. The number of fused-ring (bicyclic) bond motifs is 1. The molecule has 5 aromatic rings. The van der Waals surface area contributed by atoms with E-state index in [-0.39, 0.29) is 0 Å². The zero-order valence-corrected chi connectivity index (χ0v) is 20.6. The number of H-pyrrole nitrogens is 1. The van der Waals surface area contributed by atoms with Crippen molar-refractivity contribution in [2.24, 2.45) is 0 Å². The molecule has 0 fully saturated rings. The average Bonchev–Trinajstić information content (AvgIpc) is 3.24. The third kappa shape index (κ3) is 4.79. The molecule has 0 amide bonds. The third-order valence-corrected chi connectivity index (χ3v) is 6.20. The summed E-state index contributed by atoms with van der Waals surface area (Å²) in [5.74, 6) is 0.874. The molecule has 0 saturated heterocycles. The fourth-order valence-corrected chi connectivity index (χ4v) is 4.52. The first-order chi connectivity index (χ1) is 16.1. The molecule has 0 aliphatic carbocycles. The molecule has 5 rings (SSSR count). The Balaban J connectivity index is 1.52. The van der Waals surface area contributed by atoms with Crippen LogP contribution in [0.5, 0.6) is 0 Å². The minimum absolute atomic E-state index is 0.669. The number of aromatic amines is 1. The van der Waals surface area contributed by atoms with E-state index in [1.165, 1.54) is 11.1 Å². The van der Waals surface area contributed by atoms with Gasteiger partial charge >= 0.3 is 0 Å². The van der Waals surface area contributed by atoms with Gasteiger partial charge < -0.3 is 4.98 Å². The van der Waals surface area contributed by atoms with Gasteiger partial charge in [-0.25, -0.2) is 13.1 Å². The number of benzene rings is 1. The van der Waals surface area contributed by atoms with Crippen molar-refractivity contribution in [1.82, 2.24) is 28.0 Å². The monoisotopic (exact) mass is 546 g/mol. The number of aromatic nitrogens is 5. The van der Waals surface area contributed by atoms with Crippen LogP contribution < -0.4 is 0 Å². The summed E-state index contributed by atoms with van der Waals surface area (Å²) in [5, 5.41) is 0. The first kappa shape index (κ1) is 21.7. The topological polar surface area (TPSA) is 70.6 Å². The molecule has 0 bridgehead atoms. The second-order valence-corrected chi connectivity index (χ2v) is 9.38. The molecular formula is C26H23IN6. The maximum atomic E-state index is 4.96. The molecule has 1 aromatic carbocycles. The maximum Gasteiger partial charge on any atom is 0.122 e. The van der Waals surface area contributed by atoms with E-state index in [1.807, 2.05) is 49.4 Å². The highest BCUT2D eigenvalue weighted by Crippen LogP contribution is 2.30. The Kier molecular flexibility index (Phi) is 6.15. The van der Waals surface area contributed by atoms with E-state index >= 15 is 0 Å². The largest absolute Gasteiger partial charge is 0.339 e. The number of aryl methyl sites for hydroxylation is 2. The van der Waals surface area contributed by atoms with E-state index in [2.05, 4.69) is 67.1 Å². The molecule has 164 valence electrons. The lowest BCUT2D eigenvalue weighted by Crippen LogP contribution is -2.12. The van der Waals surface area contributed by atoms with Crippen molar-refractivity contribution in [1.29, 1.82) is 0 Å². The van der Waals surface area contributed by atoms with Gasteiger partial charge in [-0.1, -0.05) is 30.3 Å². The second kappa shape index (κ2) is 9.36. The number of nitrogens with one attached hydrogen (secondary N) is 1. The lowest BCUT2D eigenvalue weighted by Gasteiger charge is -2.14. The van der Waals surface area contributed by atoms with Crippen LogP contribution in [0.25, 0.3) is 33.8 Å². The number of hydrogen-bond acceptors (Lipinski definition) is 5. The van der Waals surface area contributed by atoms with Crippen molar-refractivity contribution >= 4 is 33.9 Å². The highest BCUT2D eigenvalue weighted by Gasteiger charge is 2.18. The summed E-state index contributed by atoms with van der Waals surface area (Å²) in [5.41, 5.74) is 8.61. The molecule has 0 saturated carbocycles. The minimum Gasteiger partial charge on any atom is -0.339 e.